The van der Waals surface area contributed by atoms with Gasteiger partial charge >= 0.3 is 0 Å². The summed E-state index contributed by atoms with van der Waals surface area (Å²) in [6, 6.07) is 13.8. The topological polar surface area (TPSA) is 76.2 Å². The van der Waals surface area contributed by atoms with Gasteiger partial charge in [-0.25, -0.2) is 8.42 Å². The first-order valence-corrected chi connectivity index (χ1v) is 10.9. The first kappa shape index (κ1) is 21.1. The van der Waals surface area contributed by atoms with Gasteiger partial charge in [-0.2, -0.15) is 4.31 Å². The third-order valence-corrected chi connectivity index (χ3v) is 6.84. The average molecular weight is 419 g/mol. The molecule has 1 aliphatic rings. The predicted octanol–water partition coefficient (Wildman–Crippen LogP) is 2.30. The molecule has 2 aromatic carbocycles. The van der Waals surface area contributed by atoms with Crippen LogP contribution in [0.1, 0.15) is 12.5 Å². The molecule has 29 heavy (non-hydrogen) atoms. The molecule has 0 unspecified atom stereocenters. The monoisotopic (exact) mass is 418 g/mol. The van der Waals surface area contributed by atoms with Gasteiger partial charge in [-0.3, -0.25) is 4.79 Å². The summed E-state index contributed by atoms with van der Waals surface area (Å²) < 4.78 is 37.8. The quantitative estimate of drug-likeness (QED) is 0.720. The molecule has 1 aliphatic heterocycles. The molecule has 0 spiro atoms. The van der Waals surface area contributed by atoms with E-state index in [-0.39, 0.29) is 23.9 Å². The van der Waals surface area contributed by atoms with Crippen molar-refractivity contribution >= 4 is 15.9 Å². The van der Waals surface area contributed by atoms with Crippen LogP contribution in [0.5, 0.6) is 11.5 Å². The Labute approximate surface area is 171 Å². The molecule has 8 heteroatoms. The fourth-order valence-corrected chi connectivity index (χ4v) is 4.60. The smallest absolute Gasteiger partial charge is 0.263 e. The summed E-state index contributed by atoms with van der Waals surface area (Å²) in [5, 5.41) is 0. The normalized spacial score (nSPS) is 16.3. The fraction of sp³-hybridized carbons (Fsp3) is 0.381. The molecule has 0 saturated carbocycles. The molecule has 7 nitrogen and oxygen atoms in total. The molecule has 0 radical (unpaired) electrons. The van der Waals surface area contributed by atoms with Crippen molar-refractivity contribution in [3.8, 4) is 11.5 Å². The maximum atomic E-state index is 12.8. The van der Waals surface area contributed by atoms with E-state index in [0.29, 0.717) is 24.6 Å². The highest BCUT2D eigenvalue weighted by Crippen LogP contribution is 2.21. The van der Waals surface area contributed by atoms with Gasteiger partial charge in [-0.15, -0.1) is 0 Å². The van der Waals surface area contributed by atoms with E-state index in [0.717, 1.165) is 5.56 Å². The maximum Gasteiger partial charge on any atom is 0.263 e. The second kappa shape index (κ2) is 8.84. The maximum absolute atomic E-state index is 12.8. The van der Waals surface area contributed by atoms with Crippen LogP contribution < -0.4 is 9.47 Å². The van der Waals surface area contributed by atoms with Crippen molar-refractivity contribution < 1.29 is 22.7 Å². The Morgan fingerprint density at radius 1 is 0.931 bits per heavy atom. The van der Waals surface area contributed by atoms with E-state index in [2.05, 4.69) is 0 Å². The molecule has 2 aromatic rings. The highest BCUT2D eigenvalue weighted by molar-refractivity contribution is 7.89. The van der Waals surface area contributed by atoms with Crippen LogP contribution in [0.15, 0.2) is 53.4 Å². The molecular formula is C21H26N2O5S. The van der Waals surface area contributed by atoms with Crippen LogP contribution in [0.3, 0.4) is 0 Å². The Kier molecular flexibility index (Phi) is 6.44. The molecule has 0 bridgehead atoms. The van der Waals surface area contributed by atoms with Gasteiger partial charge in [0.2, 0.25) is 10.0 Å². The third-order valence-electron chi connectivity index (χ3n) is 4.93. The molecule has 0 aliphatic carbocycles. The number of piperazine rings is 1. The molecule has 0 aromatic heterocycles. The molecule has 1 amide bonds. The van der Waals surface area contributed by atoms with Crippen molar-refractivity contribution in [2.45, 2.75) is 24.8 Å². The van der Waals surface area contributed by atoms with Crippen molar-refractivity contribution in [1.82, 2.24) is 9.21 Å². The number of methoxy groups -OCH3 is 1. The van der Waals surface area contributed by atoms with Crippen LogP contribution in [0.25, 0.3) is 0 Å². The highest BCUT2D eigenvalue weighted by atomic mass is 32.2. The van der Waals surface area contributed by atoms with Crippen LogP contribution >= 0.6 is 0 Å². The standard InChI is InChI=1S/C21H26N2O5S/c1-16-4-10-20(11-5-16)29(25,26)23-14-12-22(13-15-23)21(24)17(2)28-19-8-6-18(27-3)7-9-19/h4-11,17H,12-15H2,1-3H3/t17-/m1/s1. The van der Waals surface area contributed by atoms with E-state index in [4.69, 9.17) is 9.47 Å². The van der Waals surface area contributed by atoms with E-state index >= 15 is 0 Å². The van der Waals surface area contributed by atoms with E-state index in [9.17, 15) is 13.2 Å². The third kappa shape index (κ3) is 4.89. The van der Waals surface area contributed by atoms with E-state index in [1.54, 1.807) is 67.5 Å². The minimum Gasteiger partial charge on any atom is -0.497 e. The van der Waals surface area contributed by atoms with Crippen molar-refractivity contribution in [1.29, 1.82) is 0 Å². The van der Waals surface area contributed by atoms with Crippen LogP contribution in [0.4, 0.5) is 0 Å². The Morgan fingerprint density at radius 3 is 2.03 bits per heavy atom. The molecule has 0 N–H and O–H groups in total. The lowest BCUT2D eigenvalue weighted by Gasteiger charge is -2.35. The van der Waals surface area contributed by atoms with Gasteiger partial charge in [0, 0.05) is 26.2 Å². The van der Waals surface area contributed by atoms with E-state index < -0.39 is 16.1 Å². The van der Waals surface area contributed by atoms with Gasteiger partial charge in [0.05, 0.1) is 12.0 Å². The molecule has 156 valence electrons. The van der Waals surface area contributed by atoms with Gasteiger partial charge in [-0.1, -0.05) is 17.7 Å². The number of ether oxygens (including phenoxy) is 2. The van der Waals surface area contributed by atoms with Gasteiger partial charge in [-0.05, 0) is 50.2 Å². The lowest BCUT2D eigenvalue weighted by molar-refractivity contribution is -0.139. The van der Waals surface area contributed by atoms with Gasteiger partial charge in [0.1, 0.15) is 11.5 Å². The Bertz CT molecular complexity index is 934. The summed E-state index contributed by atoms with van der Waals surface area (Å²) in [4.78, 5) is 14.6. The molecule has 1 atom stereocenters. The van der Waals surface area contributed by atoms with Gasteiger partial charge in [0.25, 0.3) is 5.91 Å². The number of carbonyl (C=O) groups excluding carboxylic acids is 1. The number of amides is 1. The first-order chi connectivity index (χ1) is 13.8. The SMILES string of the molecule is COc1ccc(O[C@H](C)C(=O)N2CCN(S(=O)(=O)c3ccc(C)cc3)CC2)cc1. The second-order valence-electron chi connectivity index (χ2n) is 6.98. The van der Waals surface area contributed by atoms with Crippen LogP contribution in [0.2, 0.25) is 0 Å². The van der Waals surface area contributed by atoms with Crippen molar-refractivity contribution in [2.24, 2.45) is 0 Å². The minimum absolute atomic E-state index is 0.159. The van der Waals surface area contributed by atoms with Gasteiger partial charge < -0.3 is 14.4 Å². The molecule has 1 saturated heterocycles. The lowest BCUT2D eigenvalue weighted by atomic mass is 10.2. The lowest BCUT2D eigenvalue weighted by Crippen LogP contribution is -2.53. The number of rotatable bonds is 6. The highest BCUT2D eigenvalue weighted by Gasteiger charge is 2.32. The Balaban J connectivity index is 1.57. The van der Waals surface area contributed by atoms with Crippen molar-refractivity contribution in [2.75, 3.05) is 33.3 Å². The van der Waals surface area contributed by atoms with Gasteiger partial charge in [0.15, 0.2) is 6.10 Å². The largest absolute Gasteiger partial charge is 0.497 e. The molecular weight excluding hydrogens is 392 g/mol. The number of hydrogen-bond acceptors (Lipinski definition) is 5. The number of carbonyl (C=O) groups is 1. The van der Waals surface area contributed by atoms with Crippen molar-refractivity contribution in [3.05, 3.63) is 54.1 Å². The average Bonchev–Trinajstić information content (AvgIpc) is 2.74. The van der Waals surface area contributed by atoms with Crippen LogP contribution in [-0.4, -0.2) is 62.9 Å². The Hall–Kier alpha value is -2.58. The summed E-state index contributed by atoms with van der Waals surface area (Å²) >= 11 is 0. The molecule has 3 rings (SSSR count). The number of sulfonamides is 1. The van der Waals surface area contributed by atoms with Crippen LogP contribution in [0, 0.1) is 6.92 Å². The predicted molar refractivity (Wildman–Crippen MR) is 110 cm³/mol. The second-order valence-corrected chi connectivity index (χ2v) is 8.92. The molecule has 1 fully saturated rings. The summed E-state index contributed by atoms with van der Waals surface area (Å²) in [6.45, 7) is 4.80. The zero-order chi connectivity index (χ0) is 21.0. The molecule has 1 heterocycles. The van der Waals surface area contributed by atoms with Crippen LogP contribution in [-0.2, 0) is 14.8 Å². The summed E-state index contributed by atoms with van der Waals surface area (Å²) in [5.74, 6) is 1.13. The first-order valence-electron chi connectivity index (χ1n) is 9.47. The minimum atomic E-state index is -3.55. The number of hydrogen-bond donors (Lipinski definition) is 0. The summed E-state index contributed by atoms with van der Waals surface area (Å²) in [5.41, 5.74) is 1.00. The van der Waals surface area contributed by atoms with Crippen molar-refractivity contribution in [3.63, 3.8) is 0 Å². The Morgan fingerprint density at radius 2 is 1.48 bits per heavy atom. The van der Waals surface area contributed by atoms with E-state index in [1.807, 2.05) is 6.92 Å². The fourth-order valence-electron chi connectivity index (χ4n) is 3.17. The summed E-state index contributed by atoms with van der Waals surface area (Å²) in [6.07, 6.45) is -0.663. The number of benzene rings is 2. The zero-order valence-electron chi connectivity index (χ0n) is 16.9. The zero-order valence-corrected chi connectivity index (χ0v) is 17.7. The number of nitrogens with zero attached hydrogens (tertiary/aromatic N) is 2. The number of aryl methyl sites for hydroxylation is 1. The summed E-state index contributed by atoms with van der Waals surface area (Å²) in [7, 11) is -1.97. The van der Waals surface area contributed by atoms with E-state index in [1.165, 1.54) is 4.31 Å².